The van der Waals surface area contributed by atoms with Gasteiger partial charge in [-0.25, -0.2) is 4.98 Å². The first-order valence-corrected chi connectivity index (χ1v) is 15.8. The first kappa shape index (κ1) is 28.9. The molecule has 5 aromatic heterocycles. The Morgan fingerprint density at radius 3 is 2.38 bits per heavy atom. The van der Waals surface area contributed by atoms with Gasteiger partial charge in [-0.3, -0.25) is 9.97 Å². The molecule has 10 rings (SSSR count). The molecule has 6 heterocycles. The largest absolute Gasteiger partial charge is 2.00 e. The van der Waals surface area contributed by atoms with Gasteiger partial charge in [-0.15, -0.1) is 23.8 Å². The van der Waals surface area contributed by atoms with Crippen molar-refractivity contribution in [1.29, 1.82) is 0 Å². The molecule has 48 heavy (non-hydrogen) atoms. The zero-order valence-corrected chi connectivity index (χ0v) is 28.7. The molecule has 0 fully saturated rings. The Balaban J connectivity index is 0.00000314. The molecule has 0 saturated carbocycles. The molecule has 7 heteroatoms. The van der Waals surface area contributed by atoms with E-state index in [2.05, 4.69) is 103 Å². The minimum atomic E-state index is 0. The number of aryl methyl sites for hydroxylation is 3. The summed E-state index contributed by atoms with van der Waals surface area (Å²) in [7, 11) is 0. The third-order valence-corrected chi connectivity index (χ3v) is 9.52. The summed E-state index contributed by atoms with van der Waals surface area (Å²) in [5.41, 5.74) is 14.0. The van der Waals surface area contributed by atoms with Gasteiger partial charge in [0.05, 0.1) is 27.9 Å². The molecule has 0 radical (unpaired) electrons. The van der Waals surface area contributed by atoms with Crippen LogP contribution in [0, 0.1) is 32.9 Å². The number of imidazole rings is 1. The summed E-state index contributed by atoms with van der Waals surface area (Å²) in [6, 6.07) is 34.5. The van der Waals surface area contributed by atoms with E-state index in [1.807, 2.05) is 36.7 Å². The molecular weight excluding hydrogens is 774 g/mol. The average molecular weight is 801 g/mol. The van der Waals surface area contributed by atoms with E-state index in [0.717, 1.165) is 61.9 Å². The molecule has 0 unspecified atom stereocenters. The molecule has 0 amide bonds. The molecule has 0 spiro atoms. The van der Waals surface area contributed by atoms with Crippen LogP contribution in [0.1, 0.15) is 27.8 Å². The number of pyridine rings is 3. The van der Waals surface area contributed by atoms with Gasteiger partial charge in [0.15, 0.2) is 0 Å². The Kier molecular flexibility index (Phi) is 6.37. The van der Waals surface area contributed by atoms with Crippen LogP contribution in [0.5, 0.6) is 11.5 Å². The first-order chi connectivity index (χ1) is 23.0. The number of para-hydroxylation sites is 1. The minimum Gasteiger partial charge on any atom is -0.503 e. The Labute approximate surface area is 290 Å². The molecule has 0 atom stereocenters. The van der Waals surface area contributed by atoms with Crippen molar-refractivity contribution >= 4 is 49.4 Å². The van der Waals surface area contributed by atoms with Crippen molar-refractivity contribution in [2.75, 3.05) is 0 Å². The molecule has 0 aliphatic carbocycles. The number of benzene rings is 4. The Morgan fingerprint density at radius 1 is 0.729 bits per heavy atom. The Morgan fingerprint density at radius 2 is 1.50 bits per heavy atom. The van der Waals surface area contributed by atoms with E-state index < -0.39 is 0 Å². The third kappa shape index (κ3) is 4.12. The van der Waals surface area contributed by atoms with E-state index in [0.29, 0.717) is 11.5 Å². The quantitative estimate of drug-likeness (QED) is 0.132. The molecule has 1 aliphatic heterocycles. The van der Waals surface area contributed by atoms with Crippen LogP contribution in [0.15, 0.2) is 97.5 Å². The summed E-state index contributed by atoms with van der Waals surface area (Å²) in [6.45, 7) is 6.44. The number of ether oxygens (including phenoxy) is 1. The molecule has 0 bridgehead atoms. The summed E-state index contributed by atoms with van der Waals surface area (Å²) >= 11 is 0. The second-order valence-corrected chi connectivity index (χ2v) is 12.6. The number of aromatic nitrogens is 5. The van der Waals surface area contributed by atoms with Gasteiger partial charge >= 0.3 is 21.1 Å². The number of nitrogens with zero attached hydrogens (tertiary/aromatic N) is 5. The normalized spacial score (nSPS) is 12.2. The molecule has 9 aromatic rings. The Hall–Kier alpha value is -5.32. The fourth-order valence-electron chi connectivity index (χ4n) is 7.69. The van der Waals surface area contributed by atoms with Gasteiger partial charge in [0.1, 0.15) is 5.65 Å². The fraction of sp³-hybridized carbons (Fsp3) is 0.0976. The van der Waals surface area contributed by atoms with Crippen molar-refractivity contribution in [3.8, 4) is 28.4 Å². The van der Waals surface area contributed by atoms with Crippen LogP contribution in [0.25, 0.3) is 66.3 Å². The second-order valence-electron chi connectivity index (χ2n) is 12.6. The van der Waals surface area contributed by atoms with Gasteiger partial charge in [0.25, 0.3) is 0 Å². The second kappa shape index (κ2) is 10.6. The number of rotatable bonds is 3. The molecular formula is C41H27N5OPt. The van der Waals surface area contributed by atoms with E-state index in [4.69, 9.17) is 19.7 Å². The van der Waals surface area contributed by atoms with Gasteiger partial charge in [0, 0.05) is 46.4 Å². The van der Waals surface area contributed by atoms with Crippen molar-refractivity contribution in [3.05, 3.63) is 137 Å². The predicted octanol–water partition coefficient (Wildman–Crippen LogP) is 9.41. The van der Waals surface area contributed by atoms with E-state index in [1.165, 1.54) is 38.7 Å². The van der Waals surface area contributed by atoms with Crippen molar-refractivity contribution in [1.82, 2.24) is 23.9 Å². The zero-order valence-electron chi connectivity index (χ0n) is 26.4. The van der Waals surface area contributed by atoms with E-state index in [-0.39, 0.29) is 21.1 Å². The van der Waals surface area contributed by atoms with Crippen LogP contribution in [-0.2, 0) is 27.5 Å². The maximum absolute atomic E-state index is 6.53. The van der Waals surface area contributed by atoms with Crippen LogP contribution in [-0.4, -0.2) is 23.9 Å². The molecule has 6 nitrogen and oxygen atoms in total. The first-order valence-electron chi connectivity index (χ1n) is 15.8. The topological polar surface area (TPSA) is 57.2 Å². The van der Waals surface area contributed by atoms with Crippen LogP contribution in [0.4, 0.5) is 0 Å². The molecule has 4 aromatic carbocycles. The van der Waals surface area contributed by atoms with Crippen LogP contribution < -0.4 is 4.74 Å². The summed E-state index contributed by atoms with van der Waals surface area (Å²) < 4.78 is 10.9. The van der Waals surface area contributed by atoms with E-state index in [9.17, 15) is 0 Å². The summed E-state index contributed by atoms with van der Waals surface area (Å²) in [5, 5.41) is 4.18. The average Bonchev–Trinajstić information content (AvgIpc) is 3.66. The predicted molar refractivity (Wildman–Crippen MR) is 187 cm³/mol. The Bertz CT molecular complexity index is 2770. The van der Waals surface area contributed by atoms with Gasteiger partial charge in [-0.2, -0.15) is 6.07 Å². The van der Waals surface area contributed by atoms with Gasteiger partial charge < -0.3 is 13.7 Å². The van der Waals surface area contributed by atoms with Gasteiger partial charge in [0.2, 0.25) is 0 Å². The minimum absolute atomic E-state index is 0. The van der Waals surface area contributed by atoms with Crippen molar-refractivity contribution in [2.24, 2.45) is 0 Å². The monoisotopic (exact) mass is 800 g/mol. The van der Waals surface area contributed by atoms with Gasteiger partial charge in [-0.1, -0.05) is 64.5 Å². The summed E-state index contributed by atoms with van der Waals surface area (Å²) in [4.78, 5) is 14.8. The molecule has 1 aliphatic rings. The van der Waals surface area contributed by atoms with Crippen LogP contribution in [0.2, 0.25) is 0 Å². The molecule has 0 N–H and O–H groups in total. The van der Waals surface area contributed by atoms with Gasteiger partial charge in [-0.05, 0) is 68.1 Å². The maximum atomic E-state index is 6.53. The van der Waals surface area contributed by atoms with E-state index in [1.54, 1.807) is 0 Å². The van der Waals surface area contributed by atoms with Crippen molar-refractivity contribution in [3.63, 3.8) is 0 Å². The summed E-state index contributed by atoms with van der Waals surface area (Å²) in [6.07, 6.45) is 6.64. The fourth-order valence-corrected chi connectivity index (χ4v) is 7.69. The third-order valence-electron chi connectivity index (χ3n) is 9.52. The standard InChI is InChI=1S/C41H27N5O.Pt/c1-23-17-24(2)37(25(3)18-23)34-22-45-35-10-6-15-42-38(35)30-14-13-28(20-33(30)41(45)44-34)47-29-12-11-26-19-27-7-4-8-31-32-9-5-16-43-40(32)46(39(27)31)36(26)21-29;/h4-18,22H,19H2,1-3H3;/q-2;+2. The van der Waals surface area contributed by atoms with Crippen molar-refractivity contribution < 1.29 is 25.8 Å². The van der Waals surface area contributed by atoms with Crippen LogP contribution in [0.3, 0.4) is 0 Å². The van der Waals surface area contributed by atoms with E-state index >= 15 is 0 Å². The van der Waals surface area contributed by atoms with Crippen molar-refractivity contribution in [2.45, 2.75) is 27.2 Å². The summed E-state index contributed by atoms with van der Waals surface area (Å²) in [5.74, 6) is 1.21. The molecule has 232 valence electrons. The number of fused-ring (bicyclic) bond motifs is 11. The smallest absolute Gasteiger partial charge is 0.503 e. The molecule has 0 saturated heterocycles. The number of hydrogen-bond donors (Lipinski definition) is 0. The maximum Gasteiger partial charge on any atom is 2.00 e. The SMILES string of the molecule is Cc1cc(C)c(-c2cn3c4cccnc4c4ccc(Oc5[c-]c6c(cc5)Cc5cccc7c8cccnc8n-6c57)[c-]c4c3n2)c(C)c1.[Pt+2]. The number of hydrogen-bond acceptors (Lipinski definition) is 4. The van der Waals surface area contributed by atoms with Crippen LogP contribution >= 0.6 is 0 Å². The zero-order chi connectivity index (χ0) is 31.4.